The second-order valence-corrected chi connectivity index (χ2v) is 11.4. The molecule has 0 bridgehead atoms. The molecule has 150 valence electrons. The van der Waals surface area contributed by atoms with Crippen LogP contribution in [0.2, 0.25) is 0 Å². The summed E-state index contributed by atoms with van der Waals surface area (Å²) in [6, 6.07) is 16.1. The summed E-state index contributed by atoms with van der Waals surface area (Å²) in [6.07, 6.45) is 11.5. The van der Waals surface area contributed by atoms with Crippen LogP contribution in [0.3, 0.4) is 0 Å². The Morgan fingerprint density at radius 1 is 0.964 bits per heavy atom. The van der Waals surface area contributed by atoms with Crippen LogP contribution in [0.1, 0.15) is 81.9 Å². The Bertz CT molecular complexity index is 750. The summed E-state index contributed by atoms with van der Waals surface area (Å²) >= 11 is -0.826. The zero-order valence-electron chi connectivity index (χ0n) is 17.4. The zero-order chi connectivity index (χ0) is 20.4. The second-order valence-electron chi connectivity index (χ2n) is 7.67. The molecule has 3 heteroatoms. The number of hydrogen-bond acceptors (Lipinski definition) is 0. The van der Waals surface area contributed by atoms with E-state index in [1.54, 1.807) is 5.57 Å². The van der Waals surface area contributed by atoms with Crippen molar-refractivity contribution in [2.45, 2.75) is 71.6 Å². The Hall–Kier alpha value is -0.357. The maximum atomic E-state index is 4.93. The van der Waals surface area contributed by atoms with E-state index in [-0.39, 0.29) is 0 Å². The molecule has 1 atom stereocenters. The van der Waals surface area contributed by atoms with E-state index in [1.807, 2.05) is 0 Å². The van der Waals surface area contributed by atoms with Crippen molar-refractivity contribution in [3.63, 3.8) is 0 Å². The van der Waals surface area contributed by atoms with Gasteiger partial charge in [-0.15, -0.1) is 0 Å². The fraction of sp³-hybridized carbons (Fsp3) is 0.440. The van der Waals surface area contributed by atoms with E-state index in [2.05, 4.69) is 69.3 Å². The van der Waals surface area contributed by atoms with Crippen molar-refractivity contribution in [1.82, 2.24) is 0 Å². The van der Waals surface area contributed by atoms with Gasteiger partial charge in [0, 0.05) is 0 Å². The second kappa shape index (κ2) is 13.0. The van der Waals surface area contributed by atoms with Gasteiger partial charge in [-0.1, -0.05) is 94.1 Å². The third kappa shape index (κ3) is 6.86. The van der Waals surface area contributed by atoms with Crippen LogP contribution in [0.25, 0.3) is 17.2 Å². The first-order valence-electron chi connectivity index (χ1n) is 10.5. The molecule has 3 rings (SSSR count). The molecule has 0 fully saturated rings. The number of rotatable bonds is 8. The molecule has 1 aliphatic rings. The monoisotopic (exact) mass is 492 g/mol. The van der Waals surface area contributed by atoms with Crippen LogP contribution in [-0.2, 0) is 27.3 Å². The van der Waals surface area contributed by atoms with E-state index >= 15 is 0 Å². The van der Waals surface area contributed by atoms with Gasteiger partial charge in [-0.2, -0.15) is 0 Å². The van der Waals surface area contributed by atoms with Crippen molar-refractivity contribution in [3.05, 3.63) is 64.7 Å². The molecule has 1 aliphatic carbocycles. The minimum atomic E-state index is -0.826. The number of benzene rings is 2. The van der Waals surface area contributed by atoms with Gasteiger partial charge >= 0.3 is 37.9 Å². The molecule has 0 heterocycles. The molecular formula is C25H32Cl2Zr. The molecule has 0 aromatic heterocycles. The summed E-state index contributed by atoms with van der Waals surface area (Å²) in [4.78, 5) is 0. The van der Waals surface area contributed by atoms with Gasteiger partial charge in [0.1, 0.15) is 0 Å². The SMILES string of the molecule is CCCCCCC1=Cc2c(cccc2-c2ccc(C(C)CC)cc2)C1.[Cl][Zr][Cl]. The van der Waals surface area contributed by atoms with Crippen LogP contribution < -0.4 is 0 Å². The number of unbranched alkanes of at least 4 members (excludes halogenated alkanes) is 3. The van der Waals surface area contributed by atoms with Gasteiger partial charge in [0.05, 0.1) is 0 Å². The van der Waals surface area contributed by atoms with E-state index in [0.29, 0.717) is 5.92 Å². The average molecular weight is 495 g/mol. The molecular weight excluding hydrogens is 462 g/mol. The minimum absolute atomic E-state index is 0.644. The summed E-state index contributed by atoms with van der Waals surface area (Å²) in [5.74, 6) is 0.644. The van der Waals surface area contributed by atoms with E-state index in [1.165, 1.54) is 66.3 Å². The van der Waals surface area contributed by atoms with E-state index in [9.17, 15) is 0 Å². The summed E-state index contributed by atoms with van der Waals surface area (Å²) in [5.41, 5.74) is 8.79. The van der Waals surface area contributed by atoms with E-state index < -0.39 is 20.8 Å². The fourth-order valence-corrected chi connectivity index (χ4v) is 3.86. The molecule has 0 saturated heterocycles. The molecule has 0 nitrogen and oxygen atoms in total. The van der Waals surface area contributed by atoms with Gasteiger partial charge < -0.3 is 0 Å². The van der Waals surface area contributed by atoms with Gasteiger partial charge in [-0.25, -0.2) is 0 Å². The predicted octanol–water partition coefficient (Wildman–Crippen LogP) is 9.15. The van der Waals surface area contributed by atoms with Gasteiger partial charge in [0.15, 0.2) is 0 Å². The van der Waals surface area contributed by atoms with E-state index in [0.717, 1.165) is 6.42 Å². The number of fused-ring (bicyclic) bond motifs is 1. The van der Waals surface area contributed by atoms with Crippen LogP contribution in [0.15, 0.2) is 48.0 Å². The quantitative estimate of drug-likeness (QED) is 0.321. The molecule has 2 aromatic carbocycles. The average Bonchev–Trinajstić information content (AvgIpc) is 3.14. The Labute approximate surface area is 190 Å². The predicted molar refractivity (Wildman–Crippen MR) is 123 cm³/mol. The molecule has 28 heavy (non-hydrogen) atoms. The number of hydrogen-bond donors (Lipinski definition) is 0. The zero-order valence-corrected chi connectivity index (χ0v) is 21.4. The Balaban J connectivity index is 0.000000878. The molecule has 0 radical (unpaired) electrons. The maximum absolute atomic E-state index is 4.93. The number of allylic oxidation sites excluding steroid dienone is 1. The normalized spacial score (nSPS) is 13.2. The Morgan fingerprint density at radius 2 is 1.68 bits per heavy atom. The molecule has 1 unspecified atom stereocenters. The van der Waals surface area contributed by atoms with Crippen molar-refractivity contribution in [2.75, 3.05) is 0 Å². The molecule has 2 aromatic rings. The van der Waals surface area contributed by atoms with Crippen molar-refractivity contribution in [1.29, 1.82) is 0 Å². The molecule has 0 spiro atoms. The molecule has 0 saturated carbocycles. The topological polar surface area (TPSA) is 0 Å². The summed E-state index contributed by atoms with van der Waals surface area (Å²) in [5, 5.41) is 0. The summed E-state index contributed by atoms with van der Waals surface area (Å²) in [7, 11) is 9.87. The van der Waals surface area contributed by atoms with Crippen LogP contribution in [0.4, 0.5) is 0 Å². The Morgan fingerprint density at radius 3 is 2.32 bits per heavy atom. The fourth-order valence-electron chi connectivity index (χ4n) is 3.86. The summed E-state index contributed by atoms with van der Waals surface area (Å²) in [6.45, 7) is 6.85. The first kappa shape index (κ1) is 23.9. The molecule has 0 amide bonds. The third-order valence-electron chi connectivity index (χ3n) is 5.72. The Kier molecular flexibility index (Phi) is 11.1. The van der Waals surface area contributed by atoms with Crippen LogP contribution in [-0.4, -0.2) is 0 Å². The first-order valence-corrected chi connectivity index (χ1v) is 16.9. The van der Waals surface area contributed by atoms with Crippen molar-refractivity contribution >= 4 is 23.1 Å². The standard InChI is InChI=1S/C25H32.2ClH.Zr/c1-4-6-7-8-10-20-17-23-11-9-12-24(25(23)18-20)22-15-13-21(14-16-22)19(3)5-2;;;/h9,11-16,18-19H,4-8,10,17H2,1-3H3;2*1H;/q;;;+2/p-2. The van der Waals surface area contributed by atoms with Gasteiger partial charge in [-0.05, 0) is 59.4 Å². The van der Waals surface area contributed by atoms with Gasteiger partial charge in [0.25, 0.3) is 0 Å². The van der Waals surface area contributed by atoms with Gasteiger partial charge in [-0.3, -0.25) is 0 Å². The van der Waals surface area contributed by atoms with Crippen LogP contribution in [0, 0.1) is 0 Å². The van der Waals surface area contributed by atoms with Crippen LogP contribution in [0.5, 0.6) is 0 Å². The number of halogens is 2. The third-order valence-corrected chi connectivity index (χ3v) is 5.72. The summed E-state index contributed by atoms with van der Waals surface area (Å²) < 4.78 is 0. The van der Waals surface area contributed by atoms with E-state index in [4.69, 9.17) is 17.0 Å². The van der Waals surface area contributed by atoms with Crippen molar-refractivity contribution < 1.29 is 20.8 Å². The molecule has 0 N–H and O–H groups in total. The van der Waals surface area contributed by atoms with Crippen LogP contribution >= 0.6 is 17.0 Å². The first-order chi connectivity index (χ1) is 13.6. The van der Waals surface area contributed by atoms with Gasteiger partial charge in [0.2, 0.25) is 0 Å². The van der Waals surface area contributed by atoms with Crippen molar-refractivity contribution in [2.24, 2.45) is 0 Å². The molecule has 0 aliphatic heterocycles. The van der Waals surface area contributed by atoms with Crippen molar-refractivity contribution in [3.8, 4) is 11.1 Å².